The number of piperazine rings is 1. The molecular formula is C31H30BrN7O2S. The van der Waals surface area contributed by atoms with Crippen molar-refractivity contribution in [2.45, 2.75) is 13.3 Å². The van der Waals surface area contributed by atoms with E-state index in [9.17, 15) is 9.59 Å². The molecule has 1 aliphatic rings. The Labute approximate surface area is 256 Å². The minimum Gasteiger partial charge on any atom is -0.352 e. The Kier molecular flexibility index (Phi) is 8.03. The predicted molar refractivity (Wildman–Crippen MR) is 169 cm³/mol. The van der Waals surface area contributed by atoms with Gasteiger partial charge in [-0.2, -0.15) is 0 Å². The molecule has 9 nitrogen and oxygen atoms in total. The standard InChI is InChI=1S/C31H30BrN7O2S/c1-20-26(42-19-36-20)10-11-33-30(40)24-17-35-27(18-34-24)38-12-14-39(15-13-38)31(41)28-23-16-22(32)8-9-25(23)37(2)29(28)21-6-4-3-5-7-21/h3-9,16-19H,10-15H2,1-2H3,(H,33,40). The lowest BCUT2D eigenvalue weighted by molar-refractivity contribution is 0.0748. The average molecular weight is 645 g/mol. The van der Waals surface area contributed by atoms with E-state index in [4.69, 9.17) is 0 Å². The number of amides is 2. The van der Waals surface area contributed by atoms with Crippen molar-refractivity contribution in [3.8, 4) is 11.3 Å². The number of fused-ring (bicyclic) bond motifs is 1. The molecule has 4 heterocycles. The Morgan fingerprint density at radius 2 is 1.79 bits per heavy atom. The molecule has 2 aromatic carbocycles. The van der Waals surface area contributed by atoms with Crippen LogP contribution in [0.5, 0.6) is 0 Å². The molecule has 6 rings (SSSR count). The number of anilines is 1. The van der Waals surface area contributed by atoms with Gasteiger partial charge in [0, 0.05) is 66.4 Å². The van der Waals surface area contributed by atoms with Crippen LogP contribution in [0.3, 0.4) is 0 Å². The minimum atomic E-state index is -0.248. The van der Waals surface area contributed by atoms with E-state index >= 15 is 0 Å². The topological polar surface area (TPSA) is 96.3 Å². The molecule has 5 aromatic rings. The fourth-order valence-corrected chi connectivity index (χ4v) is 6.55. The Morgan fingerprint density at radius 1 is 1.00 bits per heavy atom. The summed E-state index contributed by atoms with van der Waals surface area (Å²) in [5.74, 6) is 0.462. The van der Waals surface area contributed by atoms with Gasteiger partial charge in [-0.3, -0.25) is 9.59 Å². The molecule has 0 bridgehead atoms. The van der Waals surface area contributed by atoms with Crippen LogP contribution >= 0.6 is 27.3 Å². The number of aryl methyl sites for hydroxylation is 2. The SMILES string of the molecule is Cc1ncsc1CCNC(=O)c1cnc(N2CCN(C(=O)c3c(-c4ccccc4)n(C)c4ccc(Br)cc34)CC2)cn1. The van der Waals surface area contributed by atoms with Crippen molar-refractivity contribution in [1.29, 1.82) is 0 Å². The lowest BCUT2D eigenvalue weighted by Crippen LogP contribution is -2.49. The summed E-state index contributed by atoms with van der Waals surface area (Å²) in [7, 11) is 2.01. The molecule has 42 heavy (non-hydrogen) atoms. The Balaban J connectivity index is 1.13. The van der Waals surface area contributed by atoms with Gasteiger partial charge in [0.1, 0.15) is 11.5 Å². The first-order chi connectivity index (χ1) is 20.4. The van der Waals surface area contributed by atoms with Crippen LogP contribution in [0.2, 0.25) is 0 Å². The summed E-state index contributed by atoms with van der Waals surface area (Å²) in [6.45, 7) is 4.83. The van der Waals surface area contributed by atoms with Gasteiger partial charge in [0.05, 0.1) is 34.9 Å². The first-order valence-corrected chi connectivity index (χ1v) is 15.4. The molecule has 0 aliphatic carbocycles. The number of thiazole rings is 1. The molecule has 1 saturated heterocycles. The van der Waals surface area contributed by atoms with E-state index in [0.29, 0.717) is 44.1 Å². The van der Waals surface area contributed by atoms with Crippen LogP contribution in [-0.4, -0.2) is 69.0 Å². The van der Waals surface area contributed by atoms with Crippen molar-refractivity contribution in [2.24, 2.45) is 7.05 Å². The predicted octanol–water partition coefficient (Wildman–Crippen LogP) is 5.10. The summed E-state index contributed by atoms with van der Waals surface area (Å²) < 4.78 is 3.04. The smallest absolute Gasteiger partial charge is 0.271 e. The Hall–Kier alpha value is -4.09. The maximum atomic E-state index is 14.1. The molecule has 0 spiro atoms. The van der Waals surface area contributed by atoms with Crippen LogP contribution in [0.4, 0.5) is 5.82 Å². The van der Waals surface area contributed by atoms with E-state index in [2.05, 4.69) is 45.7 Å². The van der Waals surface area contributed by atoms with Crippen molar-refractivity contribution in [2.75, 3.05) is 37.6 Å². The second-order valence-corrected chi connectivity index (χ2v) is 12.1. The number of hydrogen-bond donors (Lipinski definition) is 1. The van der Waals surface area contributed by atoms with Gasteiger partial charge in [-0.1, -0.05) is 46.3 Å². The van der Waals surface area contributed by atoms with Crippen molar-refractivity contribution in [3.63, 3.8) is 0 Å². The third kappa shape index (κ3) is 5.54. The lowest BCUT2D eigenvalue weighted by Gasteiger charge is -2.35. The van der Waals surface area contributed by atoms with Crippen molar-refractivity contribution in [1.82, 2.24) is 29.7 Å². The number of nitrogens with zero attached hydrogens (tertiary/aromatic N) is 6. The lowest BCUT2D eigenvalue weighted by atomic mass is 10.0. The van der Waals surface area contributed by atoms with Gasteiger partial charge in [0.25, 0.3) is 11.8 Å². The zero-order valence-electron chi connectivity index (χ0n) is 23.4. The van der Waals surface area contributed by atoms with Gasteiger partial charge in [-0.25, -0.2) is 15.0 Å². The summed E-state index contributed by atoms with van der Waals surface area (Å²) in [5.41, 5.74) is 6.75. The second-order valence-electron chi connectivity index (χ2n) is 10.2. The Morgan fingerprint density at radius 3 is 2.48 bits per heavy atom. The number of hydrogen-bond acceptors (Lipinski definition) is 7. The molecular weight excluding hydrogens is 614 g/mol. The number of carbonyl (C=O) groups excluding carboxylic acids is 2. The van der Waals surface area contributed by atoms with Gasteiger partial charge >= 0.3 is 0 Å². The number of aromatic nitrogens is 4. The highest BCUT2D eigenvalue weighted by Crippen LogP contribution is 2.35. The summed E-state index contributed by atoms with van der Waals surface area (Å²) in [6.07, 6.45) is 3.88. The third-order valence-corrected chi connectivity index (χ3v) is 9.15. The van der Waals surface area contributed by atoms with E-state index in [1.807, 2.05) is 72.9 Å². The van der Waals surface area contributed by atoms with Crippen LogP contribution in [0, 0.1) is 6.92 Å². The first-order valence-electron chi connectivity index (χ1n) is 13.8. The largest absolute Gasteiger partial charge is 0.352 e. The summed E-state index contributed by atoms with van der Waals surface area (Å²) in [6, 6.07) is 16.1. The Bertz CT molecular complexity index is 1740. The van der Waals surface area contributed by atoms with Gasteiger partial charge in [-0.05, 0) is 30.7 Å². The molecule has 214 valence electrons. The molecule has 3 aromatic heterocycles. The van der Waals surface area contributed by atoms with Gasteiger partial charge in [-0.15, -0.1) is 11.3 Å². The van der Waals surface area contributed by atoms with Gasteiger partial charge in [0.2, 0.25) is 0 Å². The van der Waals surface area contributed by atoms with Crippen LogP contribution in [0.1, 0.15) is 31.4 Å². The van der Waals surface area contributed by atoms with Gasteiger partial charge < -0.3 is 19.7 Å². The number of nitrogens with one attached hydrogen (secondary N) is 1. The van der Waals surface area contributed by atoms with Crippen LogP contribution in [0.25, 0.3) is 22.2 Å². The quantitative estimate of drug-likeness (QED) is 0.265. The highest BCUT2D eigenvalue weighted by Gasteiger charge is 2.29. The summed E-state index contributed by atoms with van der Waals surface area (Å²) >= 11 is 5.19. The highest BCUT2D eigenvalue weighted by atomic mass is 79.9. The normalized spacial score (nSPS) is 13.5. The number of carbonyl (C=O) groups is 2. The fraction of sp³-hybridized carbons (Fsp3) is 0.258. The van der Waals surface area contributed by atoms with Crippen LogP contribution in [0.15, 0.2) is 70.9 Å². The summed E-state index contributed by atoms with van der Waals surface area (Å²) in [4.78, 5) is 44.9. The van der Waals surface area contributed by atoms with E-state index in [0.717, 1.165) is 38.7 Å². The van der Waals surface area contributed by atoms with Gasteiger partial charge in [0.15, 0.2) is 0 Å². The van der Waals surface area contributed by atoms with Crippen molar-refractivity contribution >= 4 is 55.8 Å². The second kappa shape index (κ2) is 12.0. The maximum absolute atomic E-state index is 14.1. The molecule has 0 atom stereocenters. The highest BCUT2D eigenvalue weighted by molar-refractivity contribution is 9.10. The number of rotatable bonds is 7. The summed E-state index contributed by atoms with van der Waals surface area (Å²) in [5, 5.41) is 3.84. The molecule has 11 heteroatoms. The molecule has 1 aliphatic heterocycles. The van der Waals surface area contributed by atoms with E-state index in [1.165, 1.54) is 11.1 Å². The number of halogens is 1. The molecule has 1 N–H and O–H groups in total. The third-order valence-electron chi connectivity index (χ3n) is 7.67. The molecule has 0 saturated carbocycles. The zero-order chi connectivity index (χ0) is 29.2. The van der Waals surface area contributed by atoms with E-state index < -0.39 is 0 Å². The van der Waals surface area contributed by atoms with Crippen LogP contribution in [-0.2, 0) is 13.5 Å². The van der Waals surface area contributed by atoms with E-state index in [1.54, 1.807) is 17.5 Å². The van der Waals surface area contributed by atoms with E-state index in [-0.39, 0.29) is 17.5 Å². The van der Waals surface area contributed by atoms with Crippen molar-refractivity contribution in [3.05, 3.63) is 92.7 Å². The molecule has 0 radical (unpaired) electrons. The molecule has 1 fully saturated rings. The van der Waals surface area contributed by atoms with Crippen LogP contribution < -0.4 is 10.2 Å². The number of benzene rings is 2. The molecule has 2 amide bonds. The monoisotopic (exact) mass is 643 g/mol. The zero-order valence-corrected chi connectivity index (χ0v) is 25.8. The van der Waals surface area contributed by atoms with Crippen molar-refractivity contribution < 1.29 is 9.59 Å². The maximum Gasteiger partial charge on any atom is 0.271 e. The fourth-order valence-electron chi connectivity index (χ4n) is 5.41. The minimum absolute atomic E-state index is 0.0174. The first kappa shape index (κ1) is 28.0. The molecule has 0 unspecified atom stereocenters. The average Bonchev–Trinajstić information content (AvgIpc) is 3.56.